The number of ether oxygens (including phenoxy) is 1. The van der Waals surface area contributed by atoms with Crippen molar-refractivity contribution in [1.82, 2.24) is 0 Å². The van der Waals surface area contributed by atoms with E-state index in [9.17, 15) is 13.2 Å². The van der Waals surface area contributed by atoms with Gasteiger partial charge in [-0.05, 0) is 22.8 Å². The van der Waals surface area contributed by atoms with Crippen LogP contribution in [-0.4, -0.2) is 12.8 Å². The smallest absolute Gasteiger partial charge is 0.368 e. The number of halogens is 3. The fourth-order valence-electron chi connectivity index (χ4n) is 4.47. The maximum absolute atomic E-state index is 14.0. The van der Waals surface area contributed by atoms with E-state index >= 15 is 0 Å². The first-order valence-corrected chi connectivity index (χ1v) is 10.7. The highest BCUT2D eigenvalue weighted by molar-refractivity contribution is 5.64. The lowest BCUT2D eigenvalue weighted by Gasteiger charge is -2.39. The van der Waals surface area contributed by atoms with Crippen LogP contribution < -0.4 is 5.32 Å². The van der Waals surface area contributed by atoms with E-state index in [-0.39, 0.29) is 12.2 Å². The van der Waals surface area contributed by atoms with Crippen LogP contribution in [-0.2, 0) is 15.9 Å². The predicted octanol–water partition coefficient (Wildman–Crippen LogP) is 6.88. The van der Waals surface area contributed by atoms with Crippen LogP contribution in [0.5, 0.6) is 0 Å². The molecule has 0 spiro atoms. The zero-order valence-electron chi connectivity index (χ0n) is 17.7. The van der Waals surface area contributed by atoms with Crippen molar-refractivity contribution in [2.75, 3.05) is 11.9 Å². The Hall–Kier alpha value is -3.57. The Balaban J connectivity index is 1.76. The number of hydrogen-bond acceptors (Lipinski definition) is 2. The molecule has 33 heavy (non-hydrogen) atoms. The molecule has 1 atom stereocenters. The largest absolute Gasteiger partial charge is 0.424 e. The van der Waals surface area contributed by atoms with Crippen LogP contribution in [0.25, 0.3) is 0 Å². The lowest BCUT2D eigenvalue weighted by Crippen LogP contribution is -2.39. The van der Waals surface area contributed by atoms with Gasteiger partial charge in [0.2, 0.25) is 5.60 Å². The van der Waals surface area contributed by atoms with E-state index in [2.05, 4.69) is 5.32 Å². The summed E-state index contributed by atoms with van der Waals surface area (Å²) in [5.41, 5.74) is -0.0120. The van der Waals surface area contributed by atoms with Gasteiger partial charge in [0.15, 0.2) is 0 Å². The third-order valence-corrected chi connectivity index (χ3v) is 6.20. The lowest BCUT2D eigenvalue weighted by atomic mass is 9.76. The van der Waals surface area contributed by atoms with Crippen LogP contribution in [0.2, 0.25) is 0 Å². The summed E-state index contributed by atoms with van der Waals surface area (Å²) in [6.45, 7) is -0.385. The van der Waals surface area contributed by atoms with Gasteiger partial charge >= 0.3 is 6.18 Å². The first-order chi connectivity index (χ1) is 16.0. The predicted molar refractivity (Wildman–Crippen MR) is 123 cm³/mol. The van der Waals surface area contributed by atoms with Crippen LogP contribution in [0.4, 0.5) is 18.9 Å². The van der Waals surface area contributed by atoms with Crippen molar-refractivity contribution in [3.8, 4) is 0 Å². The zero-order chi connectivity index (χ0) is 22.9. The average Bonchev–Trinajstić information content (AvgIpc) is 3.67. The molecule has 0 saturated carbocycles. The van der Waals surface area contributed by atoms with Crippen LogP contribution in [0.15, 0.2) is 115 Å². The second-order valence-corrected chi connectivity index (χ2v) is 8.13. The van der Waals surface area contributed by atoms with Gasteiger partial charge in [0, 0.05) is 11.3 Å². The van der Waals surface area contributed by atoms with E-state index in [4.69, 9.17) is 4.74 Å². The third kappa shape index (κ3) is 3.58. The topological polar surface area (TPSA) is 24.6 Å². The van der Waals surface area contributed by atoms with Crippen LogP contribution in [0.1, 0.15) is 22.3 Å². The molecule has 0 amide bonds. The van der Waals surface area contributed by atoms with E-state index < -0.39 is 17.3 Å². The number of para-hydroxylation sites is 1. The van der Waals surface area contributed by atoms with Crippen molar-refractivity contribution in [3.63, 3.8) is 0 Å². The quantitative estimate of drug-likeness (QED) is 0.258. The van der Waals surface area contributed by atoms with Crippen molar-refractivity contribution in [3.05, 3.63) is 138 Å². The van der Waals surface area contributed by atoms with Gasteiger partial charge in [0.05, 0.1) is 6.61 Å². The minimum absolute atomic E-state index is 0.0877. The molecule has 0 radical (unpaired) electrons. The van der Waals surface area contributed by atoms with Crippen molar-refractivity contribution < 1.29 is 17.9 Å². The van der Waals surface area contributed by atoms with Crippen LogP contribution in [0, 0.1) is 0 Å². The number of nitrogens with one attached hydrogen (secondary N) is 1. The number of anilines is 1. The summed E-state index contributed by atoms with van der Waals surface area (Å²) >= 11 is 0. The molecule has 0 bridgehead atoms. The molecule has 4 aromatic carbocycles. The normalized spacial score (nSPS) is 18.0. The van der Waals surface area contributed by atoms with E-state index in [0.29, 0.717) is 5.69 Å². The monoisotopic (exact) mass is 445 g/mol. The van der Waals surface area contributed by atoms with E-state index in [1.54, 1.807) is 18.2 Å². The van der Waals surface area contributed by atoms with E-state index in [0.717, 1.165) is 16.7 Å². The first-order valence-electron chi connectivity index (χ1n) is 10.7. The average molecular weight is 445 g/mol. The Morgan fingerprint density at radius 3 is 1.39 bits per heavy atom. The SMILES string of the molecule is FC(F)(F)C1(c2ccccc2NC(c2ccccc2)(c2ccccc2)c2ccccc2)CO1. The molecule has 0 aliphatic carbocycles. The summed E-state index contributed by atoms with van der Waals surface area (Å²) in [7, 11) is 0. The summed E-state index contributed by atoms with van der Waals surface area (Å²) in [5.74, 6) is 0. The Morgan fingerprint density at radius 2 is 1.00 bits per heavy atom. The fraction of sp³-hybridized carbons (Fsp3) is 0.143. The van der Waals surface area contributed by atoms with Gasteiger partial charge in [-0.2, -0.15) is 13.2 Å². The molecule has 1 fully saturated rings. The molecule has 166 valence electrons. The van der Waals surface area contributed by atoms with Gasteiger partial charge in [0.25, 0.3) is 0 Å². The Kier molecular flexibility index (Phi) is 5.22. The fourth-order valence-corrected chi connectivity index (χ4v) is 4.47. The summed E-state index contributed by atoms with van der Waals surface area (Å²) in [6.07, 6.45) is -4.51. The van der Waals surface area contributed by atoms with Crippen molar-refractivity contribution in [1.29, 1.82) is 0 Å². The summed E-state index contributed by atoms with van der Waals surface area (Å²) < 4.78 is 47.1. The van der Waals surface area contributed by atoms with Crippen LogP contribution in [0.3, 0.4) is 0 Å². The molecule has 5 rings (SSSR count). The van der Waals surface area contributed by atoms with Gasteiger partial charge in [-0.25, -0.2) is 0 Å². The van der Waals surface area contributed by atoms with Gasteiger partial charge in [-0.15, -0.1) is 0 Å². The van der Waals surface area contributed by atoms with Gasteiger partial charge in [0.1, 0.15) is 5.54 Å². The third-order valence-electron chi connectivity index (χ3n) is 6.20. The maximum Gasteiger partial charge on any atom is 0.424 e. The maximum atomic E-state index is 14.0. The standard InChI is InChI=1S/C28H22F3NO/c29-28(30,31)26(20-33-26)24-18-10-11-19-25(24)32-27(21-12-4-1-5-13-21,22-14-6-2-7-15-22)23-16-8-3-9-17-23/h1-19,32H,20H2. The molecule has 1 N–H and O–H groups in total. The first kappa shape index (κ1) is 21.3. The minimum Gasteiger partial charge on any atom is -0.368 e. The Morgan fingerprint density at radius 1 is 0.606 bits per heavy atom. The molecular formula is C28H22F3NO. The molecule has 5 heteroatoms. The highest BCUT2D eigenvalue weighted by Crippen LogP contribution is 2.54. The van der Waals surface area contributed by atoms with Crippen molar-refractivity contribution >= 4 is 5.69 Å². The lowest BCUT2D eigenvalue weighted by molar-refractivity contribution is -0.186. The summed E-state index contributed by atoms with van der Waals surface area (Å²) in [4.78, 5) is 0. The highest BCUT2D eigenvalue weighted by atomic mass is 19.4. The van der Waals surface area contributed by atoms with Crippen molar-refractivity contribution in [2.24, 2.45) is 0 Å². The van der Waals surface area contributed by atoms with E-state index in [1.165, 1.54) is 6.07 Å². The zero-order valence-corrected chi connectivity index (χ0v) is 17.7. The molecule has 1 aliphatic rings. The number of rotatable bonds is 6. The second kappa shape index (κ2) is 8.09. The molecule has 4 aromatic rings. The molecule has 1 heterocycles. The Bertz CT molecular complexity index is 1120. The van der Waals surface area contributed by atoms with Gasteiger partial charge < -0.3 is 10.1 Å². The van der Waals surface area contributed by atoms with Crippen molar-refractivity contribution in [2.45, 2.75) is 17.3 Å². The number of epoxide rings is 1. The number of hydrogen-bond donors (Lipinski definition) is 1. The van der Waals surface area contributed by atoms with Gasteiger partial charge in [-0.1, -0.05) is 109 Å². The molecule has 2 nitrogen and oxygen atoms in total. The summed E-state index contributed by atoms with van der Waals surface area (Å²) in [6, 6.07) is 35.9. The molecule has 1 saturated heterocycles. The number of alkyl halides is 3. The molecular weight excluding hydrogens is 423 g/mol. The van der Waals surface area contributed by atoms with Crippen LogP contribution >= 0.6 is 0 Å². The van der Waals surface area contributed by atoms with Gasteiger partial charge in [-0.3, -0.25) is 0 Å². The molecule has 1 aliphatic heterocycles. The Labute approximate surface area is 190 Å². The summed E-state index contributed by atoms with van der Waals surface area (Å²) in [5, 5.41) is 3.55. The molecule has 0 aromatic heterocycles. The molecule has 1 unspecified atom stereocenters. The second-order valence-electron chi connectivity index (χ2n) is 8.13. The highest BCUT2D eigenvalue weighted by Gasteiger charge is 2.68. The van der Waals surface area contributed by atoms with E-state index in [1.807, 2.05) is 91.0 Å². The number of benzene rings is 4. The minimum atomic E-state index is -4.51.